The average Bonchev–Trinajstić information content (AvgIpc) is 2.37. The Morgan fingerprint density at radius 2 is 2.15 bits per heavy atom. The molecule has 0 saturated carbocycles. The molecule has 0 spiro atoms. The first-order valence-corrected chi connectivity index (χ1v) is 7.36. The van der Waals surface area contributed by atoms with Crippen LogP contribution < -0.4 is 5.32 Å². The van der Waals surface area contributed by atoms with Gasteiger partial charge in [-0.2, -0.15) is 0 Å². The second-order valence-corrected chi connectivity index (χ2v) is 5.90. The van der Waals surface area contributed by atoms with E-state index >= 15 is 0 Å². The third-order valence-corrected chi connectivity index (χ3v) is 3.52. The Balaban J connectivity index is 2.03. The van der Waals surface area contributed by atoms with Gasteiger partial charge in [-0.3, -0.25) is 4.98 Å². The van der Waals surface area contributed by atoms with Crippen molar-refractivity contribution in [2.75, 3.05) is 6.54 Å². The maximum atomic E-state index is 9.36. The molecule has 0 amide bonds. The molecule has 1 aromatic heterocycles. The molecule has 0 fully saturated rings. The molecule has 0 radical (unpaired) electrons. The van der Waals surface area contributed by atoms with E-state index in [0.717, 1.165) is 41.0 Å². The molecule has 1 aromatic carbocycles. The number of aliphatic hydroxyl groups excluding tert-OH is 1. The molecule has 3 nitrogen and oxygen atoms in total. The molecule has 2 atom stereocenters. The number of hydrogen-bond donors (Lipinski definition) is 2. The van der Waals surface area contributed by atoms with E-state index < -0.39 is 0 Å². The third-order valence-electron chi connectivity index (χ3n) is 3.30. The molecule has 0 saturated heterocycles. The summed E-state index contributed by atoms with van der Waals surface area (Å²) in [5.41, 5.74) is 2.10. The van der Waals surface area contributed by atoms with Crippen molar-refractivity contribution in [1.29, 1.82) is 0 Å². The van der Waals surface area contributed by atoms with Crippen molar-refractivity contribution in [3.8, 4) is 0 Å². The summed E-state index contributed by atoms with van der Waals surface area (Å²) in [4.78, 5) is 4.43. The van der Waals surface area contributed by atoms with Crippen molar-refractivity contribution in [2.45, 2.75) is 32.9 Å². The van der Waals surface area contributed by atoms with Crippen molar-refractivity contribution in [3.63, 3.8) is 0 Å². The number of nitrogens with zero attached hydrogens (tertiary/aromatic N) is 1. The fraction of sp³-hybridized carbons (Fsp3) is 0.438. The highest BCUT2D eigenvalue weighted by molar-refractivity contribution is 6.31. The van der Waals surface area contributed by atoms with Crippen LogP contribution in [0.2, 0.25) is 5.02 Å². The number of fused-ring (bicyclic) bond motifs is 1. The molecule has 20 heavy (non-hydrogen) atoms. The summed E-state index contributed by atoms with van der Waals surface area (Å²) in [7, 11) is 0. The maximum Gasteiger partial charge on any atom is 0.0747 e. The van der Waals surface area contributed by atoms with Crippen LogP contribution >= 0.6 is 11.6 Å². The van der Waals surface area contributed by atoms with Crippen molar-refractivity contribution >= 4 is 22.5 Å². The molecule has 0 aliphatic rings. The van der Waals surface area contributed by atoms with E-state index in [1.54, 1.807) is 6.20 Å². The molecule has 0 bridgehead atoms. The summed E-state index contributed by atoms with van der Waals surface area (Å²) >= 11 is 6.15. The molecular formula is C16H21ClN2O. The zero-order valence-corrected chi connectivity index (χ0v) is 12.7. The lowest BCUT2D eigenvalue weighted by Gasteiger charge is -2.15. The normalized spacial score (nSPS) is 14.4. The van der Waals surface area contributed by atoms with Gasteiger partial charge in [0.15, 0.2) is 0 Å². The van der Waals surface area contributed by atoms with E-state index in [0.29, 0.717) is 5.92 Å². The highest BCUT2D eigenvalue weighted by atomic mass is 35.5. The fourth-order valence-corrected chi connectivity index (χ4v) is 2.73. The SMILES string of the molecule is CC(O)CC(C)CNCc1cc(Cl)cc2cccnc12. The summed E-state index contributed by atoms with van der Waals surface area (Å²) < 4.78 is 0. The van der Waals surface area contributed by atoms with Gasteiger partial charge in [-0.1, -0.05) is 24.6 Å². The minimum atomic E-state index is -0.250. The van der Waals surface area contributed by atoms with Gasteiger partial charge in [-0.05, 0) is 49.6 Å². The number of aromatic nitrogens is 1. The Hall–Kier alpha value is -1.16. The number of nitrogens with one attached hydrogen (secondary N) is 1. The lowest BCUT2D eigenvalue weighted by atomic mass is 10.0. The molecule has 108 valence electrons. The Morgan fingerprint density at radius 3 is 2.90 bits per heavy atom. The van der Waals surface area contributed by atoms with E-state index in [-0.39, 0.29) is 6.10 Å². The molecule has 2 N–H and O–H groups in total. The number of halogens is 1. The topological polar surface area (TPSA) is 45.1 Å². The van der Waals surface area contributed by atoms with E-state index in [4.69, 9.17) is 11.6 Å². The zero-order chi connectivity index (χ0) is 14.5. The van der Waals surface area contributed by atoms with Crippen LogP contribution in [0.25, 0.3) is 10.9 Å². The number of aliphatic hydroxyl groups is 1. The number of benzene rings is 1. The summed E-state index contributed by atoms with van der Waals surface area (Å²) in [5.74, 6) is 0.438. The predicted octanol–water partition coefficient (Wildman–Crippen LogP) is 3.38. The first kappa shape index (κ1) is 15.2. The number of rotatable bonds is 6. The van der Waals surface area contributed by atoms with Gasteiger partial charge in [0.25, 0.3) is 0 Å². The first-order valence-electron chi connectivity index (χ1n) is 6.98. The highest BCUT2D eigenvalue weighted by Gasteiger charge is 2.07. The van der Waals surface area contributed by atoms with Crippen LogP contribution in [0.5, 0.6) is 0 Å². The van der Waals surface area contributed by atoms with Gasteiger partial charge in [-0.25, -0.2) is 0 Å². The monoisotopic (exact) mass is 292 g/mol. The fourth-order valence-electron chi connectivity index (χ4n) is 2.48. The second-order valence-electron chi connectivity index (χ2n) is 5.46. The van der Waals surface area contributed by atoms with Gasteiger partial charge in [0, 0.05) is 23.2 Å². The van der Waals surface area contributed by atoms with Crippen LogP contribution in [-0.4, -0.2) is 22.7 Å². The Kier molecular flexibility index (Phi) is 5.35. The smallest absolute Gasteiger partial charge is 0.0747 e. The van der Waals surface area contributed by atoms with E-state index in [1.807, 2.05) is 31.2 Å². The second kappa shape index (κ2) is 7.02. The summed E-state index contributed by atoms with van der Waals surface area (Å²) in [6.45, 7) is 5.56. The largest absolute Gasteiger partial charge is 0.393 e. The van der Waals surface area contributed by atoms with E-state index in [9.17, 15) is 5.11 Å². The third kappa shape index (κ3) is 4.17. The van der Waals surface area contributed by atoms with Crippen molar-refractivity contribution < 1.29 is 5.11 Å². The van der Waals surface area contributed by atoms with Gasteiger partial charge in [0.2, 0.25) is 0 Å². The molecule has 4 heteroatoms. The standard InChI is InChI=1S/C16H21ClN2O/c1-11(6-12(2)20)9-18-10-14-8-15(17)7-13-4-3-5-19-16(13)14/h3-5,7-8,11-12,18,20H,6,9-10H2,1-2H3. The van der Waals surface area contributed by atoms with Crippen LogP contribution in [0.4, 0.5) is 0 Å². The molecule has 2 unspecified atom stereocenters. The van der Waals surface area contributed by atoms with Crippen LogP contribution in [0.1, 0.15) is 25.8 Å². The summed E-state index contributed by atoms with van der Waals surface area (Å²) in [6, 6.07) is 7.83. The molecule has 0 aliphatic carbocycles. The average molecular weight is 293 g/mol. The Morgan fingerprint density at radius 1 is 1.35 bits per heavy atom. The van der Waals surface area contributed by atoms with Crippen molar-refractivity contribution in [2.24, 2.45) is 5.92 Å². The van der Waals surface area contributed by atoms with Gasteiger partial charge in [-0.15, -0.1) is 0 Å². The lowest BCUT2D eigenvalue weighted by Crippen LogP contribution is -2.23. The van der Waals surface area contributed by atoms with E-state index in [1.165, 1.54) is 0 Å². The Bertz CT molecular complexity index is 571. The molecule has 1 heterocycles. The van der Waals surface area contributed by atoms with Gasteiger partial charge in [0.1, 0.15) is 0 Å². The minimum absolute atomic E-state index is 0.250. The van der Waals surface area contributed by atoms with Crippen LogP contribution in [0.3, 0.4) is 0 Å². The summed E-state index contributed by atoms with van der Waals surface area (Å²) in [5, 5.41) is 14.6. The van der Waals surface area contributed by atoms with Gasteiger partial charge >= 0.3 is 0 Å². The van der Waals surface area contributed by atoms with E-state index in [2.05, 4.69) is 17.2 Å². The lowest BCUT2D eigenvalue weighted by molar-refractivity contribution is 0.163. The molecular weight excluding hydrogens is 272 g/mol. The van der Waals surface area contributed by atoms with Gasteiger partial charge in [0.05, 0.1) is 11.6 Å². The Labute approximate surface area is 125 Å². The van der Waals surface area contributed by atoms with Crippen molar-refractivity contribution in [1.82, 2.24) is 10.3 Å². The summed E-state index contributed by atoms with van der Waals surface area (Å²) in [6.07, 6.45) is 2.36. The highest BCUT2D eigenvalue weighted by Crippen LogP contribution is 2.22. The molecule has 2 rings (SSSR count). The zero-order valence-electron chi connectivity index (χ0n) is 11.9. The first-order chi connectivity index (χ1) is 9.56. The van der Waals surface area contributed by atoms with Crippen LogP contribution in [-0.2, 0) is 6.54 Å². The van der Waals surface area contributed by atoms with Crippen molar-refractivity contribution in [3.05, 3.63) is 41.0 Å². The number of hydrogen-bond acceptors (Lipinski definition) is 3. The molecule has 2 aromatic rings. The molecule has 0 aliphatic heterocycles. The van der Waals surface area contributed by atoms with Gasteiger partial charge < -0.3 is 10.4 Å². The quantitative estimate of drug-likeness (QED) is 0.858. The number of pyridine rings is 1. The maximum absolute atomic E-state index is 9.36. The van der Waals surface area contributed by atoms with Crippen LogP contribution in [0, 0.1) is 5.92 Å². The van der Waals surface area contributed by atoms with Crippen LogP contribution in [0.15, 0.2) is 30.5 Å². The predicted molar refractivity (Wildman–Crippen MR) is 83.9 cm³/mol. The minimum Gasteiger partial charge on any atom is -0.393 e.